The molecule has 4 nitrogen and oxygen atoms in total. The van der Waals surface area contributed by atoms with Crippen LogP contribution in [0.25, 0.3) is 6.08 Å². The molecule has 0 radical (unpaired) electrons. The molecule has 146 valence electrons. The van der Waals surface area contributed by atoms with E-state index in [1.807, 2.05) is 18.2 Å². The molecule has 1 heterocycles. The largest absolute Gasteiger partial charge is 0.299 e. The minimum absolute atomic E-state index is 0. The van der Waals surface area contributed by atoms with Gasteiger partial charge in [-0.25, -0.2) is 13.1 Å². The van der Waals surface area contributed by atoms with Crippen molar-refractivity contribution in [3.8, 4) is 0 Å². The van der Waals surface area contributed by atoms with E-state index in [0.29, 0.717) is 5.02 Å². The van der Waals surface area contributed by atoms with Gasteiger partial charge in [0.05, 0.1) is 0 Å². The van der Waals surface area contributed by atoms with E-state index in [1.165, 1.54) is 11.0 Å². The fourth-order valence-corrected chi connectivity index (χ4v) is 4.31. The molecule has 7 heteroatoms. The number of sulfonamides is 1. The lowest BCUT2D eigenvalue weighted by atomic mass is 10.1. The molecule has 1 aliphatic rings. The van der Waals surface area contributed by atoms with Crippen LogP contribution < -0.4 is 4.72 Å². The third-order valence-corrected chi connectivity index (χ3v) is 5.89. The van der Waals surface area contributed by atoms with Crippen LogP contribution in [0.5, 0.6) is 0 Å². The van der Waals surface area contributed by atoms with Crippen molar-refractivity contribution < 1.29 is 8.42 Å². The zero-order valence-electron chi connectivity index (χ0n) is 14.9. The van der Waals surface area contributed by atoms with Gasteiger partial charge in [-0.2, -0.15) is 0 Å². The highest BCUT2D eigenvalue weighted by Crippen LogP contribution is 2.15. The fourth-order valence-electron chi connectivity index (χ4n) is 3.06. The van der Waals surface area contributed by atoms with Crippen molar-refractivity contribution in [3.63, 3.8) is 0 Å². The highest BCUT2D eigenvalue weighted by molar-refractivity contribution is 7.92. The first-order valence-corrected chi connectivity index (χ1v) is 10.6. The van der Waals surface area contributed by atoms with Gasteiger partial charge in [-0.1, -0.05) is 54.1 Å². The van der Waals surface area contributed by atoms with Gasteiger partial charge in [0.1, 0.15) is 0 Å². The van der Waals surface area contributed by atoms with Gasteiger partial charge >= 0.3 is 0 Å². The summed E-state index contributed by atoms with van der Waals surface area (Å²) in [6.07, 6.45) is 3.23. The lowest BCUT2D eigenvalue weighted by Gasteiger charge is -2.31. The molecule has 1 N–H and O–H groups in total. The molecule has 0 aliphatic carbocycles. The molecule has 1 saturated heterocycles. The van der Waals surface area contributed by atoms with Crippen molar-refractivity contribution >= 4 is 40.1 Å². The van der Waals surface area contributed by atoms with Crippen LogP contribution >= 0.6 is 24.0 Å². The van der Waals surface area contributed by atoms with E-state index >= 15 is 0 Å². The average molecular weight is 427 g/mol. The van der Waals surface area contributed by atoms with E-state index < -0.39 is 10.0 Å². The highest BCUT2D eigenvalue weighted by atomic mass is 35.5. The second kappa shape index (κ2) is 10.2. The van der Waals surface area contributed by atoms with Crippen LogP contribution in [-0.2, 0) is 16.6 Å². The van der Waals surface area contributed by atoms with E-state index in [2.05, 4.69) is 21.8 Å². The number of piperidine rings is 1. The van der Waals surface area contributed by atoms with Crippen molar-refractivity contribution in [2.24, 2.45) is 0 Å². The molecule has 0 aromatic heterocycles. The van der Waals surface area contributed by atoms with Crippen LogP contribution in [0.4, 0.5) is 0 Å². The summed E-state index contributed by atoms with van der Waals surface area (Å²) >= 11 is 5.83. The number of halogens is 2. The molecule has 2 aromatic rings. The summed E-state index contributed by atoms with van der Waals surface area (Å²) in [7, 11) is -3.45. The summed E-state index contributed by atoms with van der Waals surface area (Å²) in [5.41, 5.74) is 2.09. The van der Waals surface area contributed by atoms with Crippen LogP contribution in [0.2, 0.25) is 5.02 Å². The number of nitrogens with one attached hydrogen (secondary N) is 1. The normalized spacial score (nSPS) is 16.3. The Bertz CT molecular complexity index is 832. The van der Waals surface area contributed by atoms with Gasteiger partial charge < -0.3 is 0 Å². The van der Waals surface area contributed by atoms with E-state index in [1.54, 1.807) is 30.3 Å². The van der Waals surface area contributed by atoms with Gasteiger partial charge in [0.25, 0.3) is 0 Å². The Hall–Kier alpha value is -1.37. The zero-order chi connectivity index (χ0) is 18.4. The molecule has 0 bridgehead atoms. The van der Waals surface area contributed by atoms with Crippen LogP contribution in [0.1, 0.15) is 24.0 Å². The minimum Gasteiger partial charge on any atom is -0.299 e. The lowest BCUT2D eigenvalue weighted by molar-refractivity contribution is 0.200. The molecule has 2 aromatic carbocycles. The summed E-state index contributed by atoms with van der Waals surface area (Å²) in [6.45, 7) is 2.70. The standard InChI is InChI=1S/C20H23ClN2O2S.ClH/c21-19-8-6-17(7-9-19)12-15-26(24,25)22-20-10-13-23(14-11-20)16-18-4-2-1-3-5-18;/h1-9,12,15,20,22H,10-11,13-14,16H2;1H/b15-12+;. The van der Waals surface area contributed by atoms with Crippen molar-refractivity contribution in [2.75, 3.05) is 13.1 Å². The first-order valence-electron chi connectivity index (χ1n) is 8.72. The monoisotopic (exact) mass is 426 g/mol. The van der Waals surface area contributed by atoms with Gasteiger partial charge in [-0.05, 0) is 42.2 Å². The predicted octanol–water partition coefficient (Wildman–Crippen LogP) is 4.32. The Morgan fingerprint density at radius 2 is 1.67 bits per heavy atom. The van der Waals surface area contributed by atoms with Gasteiger partial charge in [-0.15, -0.1) is 12.4 Å². The van der Waals surface area contributed by atoms with E-state index in [9.17, 15) is 8.42 Å². The van der Waals surface area contributed by atoms with E-state index in [-0.39, 0.29) is 18.4 Å². The van der Waals surface area contributed by atoms with Crippen molar-refractivity contribution in [2.45, 2.75) is 25.4 Å². The molecule has 0 amide bonds. The Balaban J connectivity index is 0.00000261. The molecular formula is C20H24Cl2N2O2S. The number of hydrogen-bond donors (Lipinski definition) is 1. The van der Waals surface area contributed by atoms with E-state index in [0.717, 1.165) is 38.0 Å². The van der Waals surface area contributed by atoms with Crippen LogP contribution in [-0.4, -0.2) is 32.4 Å². The molecular weight excluding hydrogens is 403 g/mol. The summed E-state index contributed by atoms with van der Waals surface area (Å²) in [5.74, 6) is 0. The van der Waals surface area contributed by atoms with Gasteiger partial charge in [-0.3, -0.25) is 4.90 Å². The molecule has 0 unspecified atom stereocenters. The minimum atomic E-state index is -3.45. The van der Waals surface area contributed by atoms with Crippen LogP contribution in [0.15, 0.2) is 60.0 Å². The number of nitrogens with zero attached hydrogens (tertiary/aromatic N) is 1. The molecule has 0 saturated carbocycles. The summed E-state index contributed by atoms with van der Waals surface area (Å²) in [5, 5.41) is 1.86. The summed E-state index contributed by atoms with van der Waals surface area (Å²) in [4.78, 5) is 2.36. The lowest BCUT2D eigenvalue weighted by Crippen LogP contribution is -2.43. The molecule has 3 rings (SSSR count). The SMILES string of the molecule is Cl.O=S(=O)(/C=C/c1ccc(Cl)cc1)NC1CCN(Cc2ccccc2)CC1. The molecule has 0 spiro atoms. The Kier molecular flexibility index (Phi) is 8.32. The second-order valence-electron chi connectivity index (χ2n) is 6.55. The quantitative estimate of drug-likeness (QED) is 0.747. The first kappa shape index (κ1) is 21.9. The number of hydrogen-bond acceptors (Lipinski definition) is 3. The second-order valence-corrected chi connectivity index (χ2v) is 8.59. The van der Waals surface area contributed by atoms with Gasteiger partial charge in [0.2, 0.25) is 10.0 Å². The maximum absolute atomic E-state index is 12.3. The third-order valence-electron chi connectivity index (χ3n) is 4.48. The van der Waals surface area contributed by atoms with Crippen LogP contribution in [0, 0.1) is 0 Å². The third kappa shape index (κ3) is 7.28. The maximum Gasteiger partial charge on any atom is 0.233 e. The van der Waals surface area contributed by atoms with Crippen molar-refractivity contribution in [1.29, 1.82) is 0 Å². The maximum atomic E-state index is 12.3. The Morgan fingerprint density at radius 3 is 2.30 bits per heavy atom. The predicted molar refractivity (Wildman–Crippen MR) is 115 cm³/mol. The van der Waals surface area contributed by atoms with Gasteiger partial charge in [0, 0.05) is 36.1 Å². The first-order chi connectivity index (χ1) is 12.5. The fraction of sp³-hybridized carbons (Fsp3) is 0.300. The summed E-state index contributed by atoms with van der Waals surface area (Å²) in [6, 6.07) is 17.4. The summed E-state index contributed by atoms with van der Waals surface area (Å²) < 4.78 is 27.3. The van der Waals surface area contributed by atoms with Gasteiger partial charge in [0.15, 0.2) is 0 Å². The number of rotatable bonds is 6. The van der Waals surface area contributed by atoms with Crippen LogP contribution in [0.3, 0.4) is 0 Å². The van der Waals surface area contributed by atoms with E-state index in [4.69, 9.17) is 11.6 Å². The molecule has 27 heavy (non-hydrogen) atoms. The average Bonchev–Trinajstić information content (AvgIpc) is 2.64. The van der Waals surface area contributed by atoms with Crippen molar-refractivity contribution in [1.82, 2.24) is 9.62 Å². The topological polar surface area (TPSA) is 49.4 Å². The van der Waals surface area contributed by atoms with Crippen molar-refractivity contribution in [3.05, 3.63) is 76.2 Å². The zero-order valence-corrected chi connectivity index (χ0v) is 17.3. The Labute approximate surface area is 172 Å². The number of benzene rings is 2. The smallest absolute Gasteiger partial charge is 0.233 e. The molecule has 1 aliphatic heterocycles. The number of likely N-dealkylation sites (tertiary alicyclic amines) is 1. The molecule has 0 atom stereocenters. The molecule has 1 fully saturated rings. The Morgan fingerprint density at radius 1 is 1.04 bits per heavy atom. The highest BCUT2D eigenvalue weighted by Gasteiger charge is 2.22.